The molecule has 0 saturated heterocycles. The number of amides is 1. The molecule has 0 radical (unpaired) electrons. The lowest BCUT2D eigenvalue weighted by Crippen LogP contribution is -2.32. The third-order valence-electron chi connectivity index (χ3n) is 5.31. The van der Waals surface area contributed by atoms with Crippen LogP contribution in [-0.2, 0) is 6.54 Å². The van der Waals surface area contributed by atoms with Crippen LogP contribution in [-0.4, -0.2) is 40.8 Å². The van der Waals surface area contributed by atoms with Gasteiger partial charge < -0.3 is 24.2 Å². The maximum atomic E-state index is 13.1. The molecule has 3 heterocycles. The van der Waals surface area contributed by atoms with Crippen LogP contribution in [0.25, 0.3) is 0 Å². The van der Waals surface area contributed by atoms with Crippen LogP contribution >= 0.6 is 0 Å². The van der Waals surface area contributed by atoms with Crippen molar-refractivity contribution in [2.24, 2.45) is 0 Å². The zero-order valence-electron chi connectivity index (χ0n) is 16.2. The Morgan fingerprint density at radius 3 is 2.60 bits per heavy atom. The quantitative estimate of drug-likeness (QED) is 0.723. The number of fused-ring (bicyclic) bond motifs is 2. The van der Waals surface area contributed by atoms with E-state index >= 15 is 0 Å². The summed E-state index contributed by atoms with van der Waals surface area (Å²) < 4.78 is 16.6. The van der Waals surface area contributed by atoms with Gasteiger partial charge in [-0.05, 0) is 53.6 Å². The third kappa shape index (κ3) is 3.44. The van der Waals surface area contributed by atoms with E-state index in [1.54, 1.807) is 47.6 Å². The third-order valence-corrected chi connectivity index (χ3v) is 5.31. The molecule has 7 nitrogen and oxygen atoms in total. The first kappa shape index (κ1) is 18.4. The van der Waals surface area contributed by atoms with Gasteiger partial charge in [0.05, 0.1) is 6.54 Å². The molecule has 1 unspecified atom stereocenters. The zero-order chi connectivity index (χ0) is 20.5. The number of aliphatic hydroxyl groups excluding tert-OH is 1. The molecule has 7 heteroatoms. The van der Waals surface area contributed by atoms with Crippen LogP contribution in [0.5, 0.6) is 17.2 Å². The van der Waals surface area contributed by atoms with E-state index in [-0.39, 0.29) is 12.7 Å². The SMILES string of the molecule is O=C(c1ccc2c(c1)OCO2)N1CCOc2ccc(C(O)c3ccncc3)cc2C1. The molecule has 152 valence electrons. The molecule has 0 aliphatic carbocycles. The van der Waals surface area contributed by atoms with E-state index in [4.69, 9.17) is 14.2 Å². The summed E-state index contributed by atoms with van der Waals surface area (Å²) >= 11 is 0. The number of hydrogen-bond acceptors (Lipinski definition) is 6. The Morgan fingerprint density at radius 1 is 0.933 bits per heavy atom. The normalized spacial score (nSPS) is 15.7. The Morgan fingerprint density at radius 2 is 1.73 bits per heavy atom. The Bertz CT molecular complexity index is 1090. The summed E-state index contributed by atoms with van der Waals surface area (Å²) in [6.45, 7) is 1.42. The van der Waals surface area contributed by atoms with Gasteiger partial charge in [-0.3, -0.25) is 9.78 Å². The second kappa shape index (κ2) is 7.68. The standard InChI is InChI=1S/C23H20N2O5/c26-22(15-5-7-24-8-6-15)16-1-3-19-18(11-16)13-25(9-10-28-19)23(27)17-2-4-20-21(12-17)30-14-29-20/h1-8,11-12,22,26H,9-10,13-14H2. The minimum Gasteiger partial charge on any atom is -0.491 e. The topological polar surface area (TPSA) is 81.1 Å². The van der Waals surface area contributed by atoms with Gasteiger partial charge in [0.1, 0.15) is 18.5 Å². The zero-order valence-corrected chi connectivity index (χ0v) is 16.2. The molecular weight excluding hydrogens is 384 g/mol. The number of nitrogens with zero attached hydrogens (tertiary/aromatic N) is 2. The minimum absolute atomic E-state index is 0.107. The van der Waals surface area contributed by atoms with Gasteiger partial charge in [-0.25, -0.2) is 0 Å². The smallest absolute Gasteiger partial charge is 0.254 e. The Hall–Kier alpha value is -3.58. The van der Waals surface area contributed by atoms with E-state index in [2.05, 4.69) is 4.98 Å². The Kier molecular flexibility index (Phi) is 4.72. The highest BCUT2D eigenvalue weighted by Gasteiger charge is 2.24. The molecular formula is C23H20N2O5. The second-order valence-electron chi connectivity index (χ2n) is 7.19. The number of carbonyl (C=O) groups excluding carboxylic acids is 1. The fourth-order valence-electron chi connectivity index (χ4n) is 3.71. The van der Waals surface area contributed by atoms with Gasteiger partial charge >= 0.3 is 0 Å². The summed E-state index contributed by atoms with van der Waals surface area (Å²) in [7, 11) is 0. The number of aromatic nitrogens is 1. The van der Waals surface area contributed by atoms with E-state index in [0.717, 1.165) is 22.4 Å². The highest BCUT2D eigenvalue weighted by molar-refractivity contribution is 5.95. The lowest BCUT2D eigenvalue weighted by atomic mass is 10.00. The lowest BCUT2D eigenvalue weighted by molar-refractivity contribution is 0.0733. The first-order valence-corrected chi connectivity index (χ1v) is 9.71. The van der Waals surface area contributed by atoms with Gasteiger partial charge in [-0.2, -0.15) is 0 Å². The summed E-state index contributed by atoms with van der Waals surface area (Å²) in [5.41, 5.74) is 2.89. The molecule has 2 aliphatic rings. The highest BCUT2D eigenvalue weighted by atomic mass is 16.7. The van der Waals surface area contributed by atoms with Crippen molar-refractivity contribution in [3.63, 3.8) is 0 Å². The van der Waals surface area contributed by atoms with Gasteiger partial charge in [0.15, 0.2) is 11.5 Å². The Labute approximate surface area is 173 Å². The van der Waals surface area contributed by atoms with Crippen LogP contribution in [0.15, 0.2) is 60.9 Å². The first-order chi connectivity index (χ1) is 14.7. The van der Waals surface area contributed by atoms with Crippen molar-refractivity contribution < 1.29 is 24.1 Å². The summed E-state index contributed by atoms with van der Waals surface area (Å²) in [5, 5.41) is 10.7. The predicted molar refractivity (Wildman–Crippen MR) is 108 cm³/mol. The summed E-state index contributed by atoms with van der Waals surface area (Å²) in [6.07, 6.45) is 2.52. The van der Waals surface area contributed by atoms with Crippen LogP contribution in [0, 0.1) is 0 Å². The molecule has 1 N–H and O–H groups in total. The van der Waals surface area contributed by atoms with Crippen molar-refractivity contribution >= 4 is 5.91 Å². The Balaban J connectivity index is 1.40. The molecule has 0 bridgehead atoms. The molecule has 1 aromatic heterocycles. The summed E-state index contributed by atoms with van der Waals surface area (Å²) in [5.74, 6) is 1.84. The van der Waals surface area contributed by atoms with Crippen molar-refractivity contribution in [2.45, 2.75) is 12.6 Å². The molecule has 30 heavy (non-hydrogen) atoms. The van der Waals surface area contributed by atoms with E-state index in [9.17, 15) is 9.90 Å². The largest absolute Gasteiger partial charge is 0.491 e. The monoisotopic (exact) mass is 404 g/mol. The number of aliphatic hydroxyl groups is 1. The van der Waals surface area contributed by atoms with Crippen LogP contribution in [0.1, 0.15) is 33.2 Å². The molecule has 0 fully saturated rings. The van der Waals surface area contributed by atoms with Gasteiger partial charge in [-0.15, -0.1) is 0 Å². The molecule has 3 aromatic rings. The van der Waals surface area contributed by atoms with Crippen molar-refractivity contribution in [1.82, 2.24) is 9.88 Å². The number of carbonyl (C=O) groups is 1. The van der Waals surface area contributed by atoms with Crippen molar-refractivity contribution in [2.75, 3.05) is 19.9 Å². The van der Waals surface area contributed by atoms with Gasteiger partial charge in [0, 0.05) is 30.1 Å². The van der Waals surface area contributed by atoms with Gasteiger partial charge in [0.2, 0.25) is 6.79 Å². The molecule has 5 rings (SSSR count). The minimum atomic E-state index is -0.778. The number of rotatable bonds is 3. The van der Waals surface area contributed by atoms with Crippen molar-refractivity contribution in [3.8, 4) is 17.2 Å². The molecule has 0 spiro atoms. The maximum absolute atomic E-state index is 13.1. The number of ether oxygens (including phenoxy) is 3. The average Bonchev–Trinajstić information content (AvgIpc) is 3.16. The van der Waals surface area contributed by atoms with Crippen LogP contribution in [0.3, 0.4) is 0 Å². The van der Waals surface area contributed by atoms with Crippen LogP contribution in [0.2, 0.25) is 0 Å². The van der Waals surface area contributed by atoms with Crippen molar-refractivity contribution in [1.29, 1.82) is 0 Å². The van der Waals surface area contributed by atoms with Crippen molar-refractivity contribution in [3.05, 3.63) is 83.2 Å². The average molecular weight is 404 g/mol. The highest BCUT2D eigenvalue weighted by Crippen LogP contribution is 2.34. The van der Waals surface area contributed by atoms with Crippen LogP contribution < -0.4 is 14.2 Å². The molecule has 1 atom stereocenters. The fraction of sp³-hybridized carbons (Fsp3) is 0.217. The van der Waals surface area contributed by atoms with E-state index < -0.39 is 6.10 Å². The number of pyridine rings is 1. The number of benzene rings is 2. The maximum Gasteiger partial charge on any atom is 0.254 e. The van der Waals surface area contributed by atoms with Gasteiger partial charge in [0.25, 0.3) is 5.91 Å². The predicted octanol–water partition coefficient (Wildman–Crippen LogP) is 2.93. The van der Waals surface area contributed by atoms with Gasteiger partial charge in [-0.1, -0.05) is 6.07 Å². The number of hydrogen-bond donors (Lipinski definition) is 1. The molecule has 2 aromatic carbocycles. The fourth-order valence-corrected chi connectivity index (χ4v) is 3.71. The van der Waals surface area contributed by atoms with E-state index in [1.807, 2.05) is 18.2 Å². The molecule has 1 amide bonds. The molecule has 0 saturated carbocycles. The van der Waals surface area contributed by atoms with Crippen LogP contribution in [0.4, 0.5) is 0 Å². The lowest BCUT2D eigenvalue weighted by Gasteiger charge is -2.20. The first-order valence-electron chi connectivity index (χ1n) is 9.71. The summed E-state index contributed by atoms with van der Waals surface area (Å²) in [6, 6.07) is 14.4. The summed E-state index contributed by atoms with van der Waals surface area (Å²) in [4.78, 5) is 18.9. The molecule has 2 aliphatic heterocycles. The van der Waals surface area contributed by atoms with E-state index in [1.165, 1.54) is 0 Å². The second-order valence-corrected chi connectivity index (χ2v) is 7.19. The van der Waals surface area contributed by atoms with E-state index in [0.29, 0.717) is 36.8 Å².